The average Bonchev–Trinajstić information content (AvgIpc) is 3.39. The Balaban J connectivity index is 1.40. The molecule has 3 heterocycles. The largest absolute Gasteiger partial charge is 0.492 e. The zero-order valence-corrected chi connectivity index (χ0v) is 20.8. The van der Waals surface area contributed by atoms with Crippen LogP contribution in [-0.2, 0) is 10.9 Å². The van der Waals surface area contributed by atoms with E-state index >= 15 is 0 Å². The molecule has 0 saturated carbocycles. The van der Waals surface area contributed by atoms with Crippen LogP contribution in [0.2, 0.25) is 0 Å². The topological polar surface area (TPSA) is 117 Å². The lowest BCUT2D eigenvalue weighted by Crippen LogP contribution is -2.83. The van der Waals surface area contributed by atoms with Gasteiger partial charge in [-0.15, -0.1) is 0 Å². The van der Waals surface area contributed by atoms with Gasteiger partial charge in [0.25, 0.3) is 5.91 Å². The molecule has 0 aliphatic carbocycles. The number of nitrogens with one attached hydrogen (secondary N) is 2. The standard InChI is InChI=1S/C27H25F3N6O3/c28-27(29,30)23-15-21(5-6-24(23)39-13-10-36-8-11-38-12-9-36)35-26(37)20-14-19(16-32-17-20)3-4-22-18-33-25(34-22)2-1-7-31/h1-2,5-7,14-18,31H,8-13H2,(H,33,34)(H,35,37)/p+1/b2-1-,31-7?. The van der Waals surface area contributed by atoms with Crippen LogP contribution in [-0.4, -0.2) is 67.3 Å². The second kappa shape index (κ2) is 13.0. The molecule has 0 unspecified atom stereocenters. The Labute approximate surface area is 222 Å². The minimum Gasteiger partial charge on any atom is -0.492 e. The van der Waals surface area contributed by atoms with Crippen molar-refractivity contribution in [2.75, 3.05) is 44.8 Å². The van der Waals surface area contributed by atoms with Crippen LogP contribution in [0, 0.1) is 17.3 Å². The van der Waals surface area contributed by atoms with E-state index in [1.165, 1.54) is 36.7 Å². The van der Waals surface area contributed by atoms with Gasteiger partial charge >= 0.3 is 6.18 Å². The number of aliphatic imine (C=N–C) groups is 1. The zero-order valence-electron chi connectivity index (χ0n) is 20.8. The minimum atomic E-state index is -4.67. The lowest BCUT2D eigenvalue weighted by molar-refractivity contribution is -0.470. The summed E-state index contributed by atoms with van der Waals surface area (Å²) in [5.74, 6) is 5.53. The molecule has 1 saturated heterocycles. The number of alkyl halides is 3. The zero-order chi connectivity index (χ0) is 27.7. The maximum atomic E-state index is 13.7. The molecule has 1 aromatic heterocycles. The molecule has 9 nitrogen and oxygen atoms in total. The fraction of sp³-hybridized carbons (Fsp3) is 0.259. The van der Waals surface area contributed by atoms with E-state index in [0.29, 0.717) is 49.9 Å². The van der Waals surface area contributed by atoms with Crippen molar-refractivity contribution in [3.8, 4) is 17.6 Å². The van der Waals surface area contributed by atoms with Gasteiger partial charge < -0.3 is 20.2 Å². The molecular weight excluding hydrogens is 513 g/mol. The van der Waals surface area contributed by atoms with E-state index in [1.807, 2.05) is 0 Å². The van der Waals surface area contributed by atoms with Gasteiger partial charge in [0, 0.05) is 55.6 Å². The minimum absolute atomic E-state index is 0.0299. The number of pyridine rings is 1. The van der Waals surface area contributed by atoms with Crippen molar-refractivity contribution in [2.45, 2.75) is 6.18 Å². The van der Waals surface area contributed by atoms with Crippen LogP contribution in [0.25, 0.3) is 0 Å². The highest BCUT2D eigenvalue weighted by Crippen LogP contribution is 2.38. The number of nitrogens with zero attached hydrogens (tertiary/aromatic N) is 3. The third-order valence-corrected chi connectivity index (χ3v) is 5.68. The van der Waals surface area contributed by atoms with Crippen molar-refractivity contribution in [3.63, 3.8) is 0 Å². The van der Waals surface area contributed by atoms with E-state index in [4.69, 9.17) is 14.9 Å². The number of quaternary nitrogens is 1. The van der Waals surface area contributed by atoms with Crippen molar-refractivity contribution in [2.24, 2.45) is 4.99 Å². The van der Waals surface area contributed by atoms with Crippen molar-refractivity contribution in [3.05, 3.63) is 77.4 Å². The Bertz CT molecular complexity index is 1370. The molecule has 4 rings (SSSR count). The normalized spacial score (nSPS) is 15.8. The Kier molecular flexibility index (Phi) is 9.22. The molecule has 4 N–H and O–H groups in total. The quantitative estimate of drug-likeness (QED) is 0.352. The molecule has 39 heavy (non-hydrogen) atoms. The summed E-state index contributed by atoms with van der Waals surface area (Å²) in [5.41, 5.74) is 0.217. The average molecular weight is 540 g/mol. The molecule has 0 radical (unpaired) electrons. The summed E-state index contributed by atoms with van der Waals surface area (Å²) >= 11 is 0. The van der Waals surface area contributed by atoms with Gasteiger partial charge in [0.1, 0.15) is 18.6 Å². The van der Waals surface area contributed by atoms with Gasteiger partial charge in [0.2, 0.25) is 11.5 Å². The van der Waals surface area contributed by atoms with E-state index in [9.17, 15) is 18.0 Å². The number of nitrogens with two attached hydrogens (primary N) is 1. The number of carbonyl (C=O) groups is 1. The highest BCUT2D eigenvalue weighted by Gasteiger charge is 2.35. The Morgan fingerprint density at radius 3 is 2.82 bits per heavy atom. The number of benzene rings is 1. The molecule has 2 aliphatic rings. The van der Waals surface area contributed by atoms with Crippen LogP contribution in [0.4, 0.5) is 18.9 Å². The molecule has 1 fully saturated rings. The number of carbonyl (C=O) groups excluding carboxylic acids is 1. The van der Waals surface area contributed by atoms with Crippen LogP contribution < -0.4 is 15.4 Å². The summed E-state index contributed by atoms with van der Waals surface area (Å²) in [6.07, 6.45) is 4.03. The molecule has 1 aromatic carbocycles. The van der Waals surface area contributed by atoms with Crippen LogP contribution in [0.15, 0.2) is 65.7 Å². The third kappa shape index (κ3) is 8.08. The van der Waals surface area contributed by atoms with E-state index in [-0.39, 0.29) is 23.6 Å². The molecule has 0 spiro atoms. The smallest absolute Gasteiger partial charge is 0.420 e. The Hall–Kier alpha value is -4.31. The Morgan fingerprint density at radius 2 is 2.05 bits per heavy atom. The van der Waals surface area contributed by atoms with Gasteiger partial charge in [-0.2, -0.15) is 18.2 Å². The monoisotopic (exact) mass is 539 g/mol. The number of aromatic nitrogens is 1. The first-order valence-electron chi connectivity index (χ1n) is 12.0. The molecule has 0 atom stereocenters. The maximum Gasteiger partial charge on any atom is 0.420 e. The first kappa shape index (κ1) is 27.7. The van der Waals surface area contributed by atoms with Gasteiger partial charge in [-0.05, 0) is 36.3 Å². The van der Waals surface area contributed by atoms with Crippen LogP contribution >= 0.6 is 0 Å². The SMILES string of the molecule is N=C/C=C\C1=NC=C(C#Cc2cncc(C(=O)Nc3ccc(OCCN4CCOCC4)c(C(F)(F)F)c3)c2)[NH2+]1. The predicted octanol–water partition coefficient (Wildman–Crippen LogP) is 2.44. The summed E-state index contributed by atoms with van der Waals surface area (Å²) < 4.78 is 52.0. The number of amides is 1. The molecule has 12 heteroatoms. The number of morpholine rings is 1. The molecule has 1 amide bonds. The van der Waals surface area contributed by atoms with Gasteiger partial charge in [0.15, 0.2) is 0 Å². The van der Waals surface area contributed by atoms with Gasteiger partial charge in [-0.1, -0.05) is 5.92 Å². The van der Waals surface area contributed by atoms with Crippen molar-refractivity contribution < 1.29 is 32.8 Å². The molecular formula is C27H26F3N6O3+. The van der Waals surface area contributed by atoms with Crippen LogP contribution in [0.5, 0.6) is 5.75 Å². The fourth-order valence-electron chi connectivity index (χ4n) is 3.73. The molecule has 0 bridgehead atoms. The van der Waals surface area contributed by atoms with Gasteiger partial charge in [-0.3, -0.25) is 20.0 Å². The van der Waals surface area contributed by atoms with Gasteiger partial charge in [-0.25, -0.2) is 0 Å². The first-order valence-corrected chi connectivity index (χ1v) is 12.0. The van der Waals surface area contributed by atoms with E-state index in [2.05, 4.69) is 32.0 Å². The van der Waals surface area contributed by atoms with Crippen molar-refractivity contribution >= 4 is 23.6 Å². The van der Waals surface area contributed by atoms with Crippen molar-refractivity contribution in [1.29, 1.82) is 5.41 Å². The lowest BCUT2D eigenvalue weighted by atomic mass is 10.1. The van der Waals surface area contributed by atoms with Crippen LogP contribution in [0.1, 0.15) is 21.5 Å². The molecule has 2 aromatic rings. The number of allylic oxidation sites excluding steroid dienone is 2. The number of anilines is 1. The highest BCUT2D eigenvalue weighted by molar-refractivity contribution is 6.04. The summed E-state index contributed by atoms with van der Waals surface area (Å²) in [5, 5.41) is 11.2. The van der Waals surface area contributed by atoms with Gasteiger partial charge in [0.05, 0.1) is 24.3 Å². The van der Waals surface area contributed by atoms with Crippen molar-refractivity contribution in [1.82, 2.24) is 9.88 Å². The second-order valence-corrected chi connectivity index (χ2v) is 8.49. The highest BCUT2D eigenvalue weighted by atomic mass is 19.4. The lowest BCUT2D eigenvalue weighted by Gasteiger charge is -2.26. The number of amidine groups is 1. The summed E-state index contributed by atoms with van der Waals surface area (Å²) in [7, 11) is 0. The third-order valence-electron chi connectivity index (χ3n) is 5.68. The number of halogens is 3. The van der Waals surface area contributed by atoms with E-state index in [1.54, 1.807) is 17.6 Å². The predicted molar refractivity (Wildman–Crippen MR) is 139 cm³/mol. The number of hydrogen-bond acceptors (Lipinski definition) is 7. The van der Waals surface area contributed by atoms with E-state index in [0.717, 1.165) is 12.3 Å². The fourth-order valence-corrected chi connectivity index (χ4v) is 3.73. The molecule has 202 valence electrons. The second-order valence-electron chi connectivity index (χ2n) is 8.49. The number of ether oxygens (including phenoxy) is 2. The van der Waals surface area contributed by atoms with Crippen LogP contribution in [0.3, 0.4) is 0 Å². The number of rotatable bonds is 8. The molecule has 2 aliphatic heterocycles. The van der Waals surface area contributed by atoms with E-state index < -0.39 is 17.6 Å². The Morgan fingerprint density at radius 1 is 1.23 bits per heavy atom. The number of hydrogen-bond donors (Lipinski definition) is 3. The maximum absolute atomic E-state index is 13.7. The summed E-state index contributed by atoms with van der Waals surface area (Å²) in [6.45, 7) is 3.16. The summed E-state index contributed by atoms with van der Waals surface area (Å²) in [4.78, 5) is 23.0. The first-order chi connectivity index (χ1) is 18.8. The summed E-state index contributed by atoms with van der Waals surface area (Å²) in [6, 6.07) is 4.92.